The van der Waals surface area contributed by atoms with Gasteiger partial charge in [-0.2, -0.15) is 4.31 Å². The first-order chi connectivity index (χ1) is 13.2. The molecule has 0 aromatic heterocycles. The number of nitrogens with one attached hydrogen (secondary N) is 1. The normalized spacial score (nSPS) is 16.7. The van der Waals surface area contributed by atoms with Crippen molar-refractivity contribution in [1.82, 2.24) is 9.62 Å². The van der Waals surface area contributed by atoms with Crippen LogP contribution < -0.4 is 5.32 Å². The number of fused-ring (bicyclic) bond motifs is 1. The molecule has 5 nitrogen and oxygen atoms in total. The van der Waals surface area contributed by atoms with Gasteiger partial charge in [0, 0.05) is 7.05 Å². The Balaban J connectivity index is 1.75. The maximum atomic E-state index is 13.1. The molecule has 3 rings (SSSR count). The molecule has 2 aromatic carbocycles. The molecule has 150 valence electrons. The quantitative estimate of drug-likeness (QED) is 0.836. The first-order valence-corrected chi connectivity index (χ1v) is 11.1. The maximum Gasteiger partial charge on any atom is 0.243 e. The van der Waals surface area contributed by atoms with Gasteiger partial charge in [0.05, 0.1) is 17.5 Å². The second kappa shape index (κ2) is 8.05. The maximum absolute atomic E-state index is 13.1. The number of nitrogens with zero attached hydrogens (tertiary/aromatic N) is 1. The summed E-state index contributed by atoms with van der Waals surface area (Å²) in [6.45, 7) is 5.32. The minimum atomic E-state index is -3.74. The fraction of sp³-hybridized carbons (Fsp3) is 0.409. The number of carbonyl (C=O) groups is 1. The number of benzene rings is 2. The lowest BCUT2D eigenvalue weighted by molar-refractivity contribution is -0.122. The van der Waals surface area contributed by atoms with Crippen molar-refractivity contribution < 1.29 is 13.2 Å². The van der Waals surface area contributed by atoms with Gasteiger partial charge in [0.15, 0.2) is 0 Å². The zero-order valence-electron chi connectivity index (χ0n) is 17.0. The van der Waals surface area contributed by atoms with Crippen LogP contribution in [-0.2, 0) is 21.2 Å². The van der Waals surface area contributed by atoms with E-state index in [1.54, 1.807) is 13.8 Å². The van der Waals surface area contributed by atoms with Crippen LogP contribution in [-0.4, -0.2) is 32.2 Å². The van der Waals surface area contributed by atoms with Crippen LogP contribution in [0.25, 0.3) is 0 Å². The number of hydrogen-bond donors (Lipinski definition) is 1. The topological polar surface area (TPSA) is 66.5 Å². The van der Waals surface area contributed by atoms with Crippen molar-refractivity contribution in [2.45, 2.75) is 51.0 Å². The van der Waals surface area contributed by atoms with E-state index >= 15 is 0 Å². The van der Waals surface area contributed by atoms with Crippen molar-refractivity contribution in [2.75, 3.05) is 13.6 Å². The summed E-state index contributed by atoms with van der Waals surface area (Å²) in [6, 6.07) is 11.8. The van der Waals surface area contributed by atoms with E-state index in [0.29, 0.717) is 11.1 Å². The molecule has 28 heavy (non-hydrogen) atoms. The predicted octanol–water partition coefficient (Wildman–Crippen LogP) is 3.43. The highest BCUT2D eigenvalue weighted by Gasteiger charge is 2.28. The van der Waals surface area contributed by atoms with Crippen molar-refractivity contribution in [1.29, 1.82) is 0 Å². The molecule has 0 aliphatic heterocycles. The average Bonchev–Trinajstić information content (AvgIpc) is 2.60. The van der Waals surface area contributed by atoms with Crippen LogP contribution in [0.15, 0.2) is 41.3 Å². The van der Waals surface area contributed by atoms with Crippen LogP contribution >= 0.6 is 0 Å². The summed E-state index contributed by atoms with van der Waals surface area (Å²) in [7, 11) is -2.28. The SMILES string of the molecule is Cc1cc(C)c(S(=O)(=O)N(C)CC(=O)NC2CCCc3ccccc32)c(C)c1. The lowest BCUT2D eigenvalue weighted by Gasteiger charge is -2.27. The van der Waals surface area contributed by atoms with Crippen LogP contribution in [0.4, 0.5) is 0 Å². The summed E-state index contributed by atoms with van der Waals surface area (Å²) in [6.07, 6.45) is 2.90. The van der Waals surface area contributed by atoms with Crippen LogP contribution in [0.5, 0.6) is 0 Å². The summed E-state index contributed by atoms with van der Waals surface area (Å²) in [5.41, 5.74) is 4.81. The first-order valence-electron chi connectivity index (χ1n) is 9.61. The highest BCUT2D eigenvalue weighted by Crippen LogP contribution is 2.29. The van der Waals surface area contributed by atoms with Gasteiger partial charge in [-0.3, -0.25) is 4.79 Å². The van der Waals surface area contributed by atoms with Crippen LogP contribution in [0.2, 0.25) is 0 Å². The Bertz CT molecular complexity index is 976. The van der Waals surface area contributed by atoms with Gasteiger partial charge in [-0.25, -0.2) is 8.42 Å². The third kappa shape index (κ3) is 4.13. The Hall–Kier alpha value is -2.18. The van der Waals surface area contributed by atoms with E-state index in [1.165, 1.54) is 12.6 Å². The zero-order valence-corrected chi connectivity index (χ0v) is 17.8. The van der Waals surface area contributed by atoms with Gasteiger partial charge in [-0.15, -0.1) is 0 Å². The van der Waals surface area contributed by atoms with Crippen LogP contribution in [0.3, 0.4) is 0 Å². The number of carbonyl (C=O) groups excluding carboxylic acids is 1. The number of hydrogen-bond acceptors (Lipinski definition) is 3. The second-order valence-corrected chi connectivity index (χ2v) is 9.68. The molecule has 0 saturated carbocycles. The molecule has 0 saturated heterocycles. The second-order valence-electron chi connectivity index (χ2n) is 7.70. The Morgan fingerprint density at radius 2 is 1.79 bits per heavy atom. The van der Waals surface area contributed by atoms with Crippen molar-refractivity contribution >= 4 is 15.9 Å². The van der Waals surface area contributed by atoms with Crippen LogP contribution in [0, 0.1) is 20.8 Å². The first kappa shape index (κ1) is 20.6. The Kier molecular flexibility index (Phi) is 5.91. The molecule has 0 spiro atoms. The van der Waals surface area contributed by atoms with Crippen molar-refractivity contribution in [3.63, 3.8) is 0 Å². The van der Waals surface area contributed by atoms with Gasteiger partial charge in [-0.05, 0) is 62.3 Å². The molecule has 1 aliphatic rings. The lowest BCUT2D eigenvalue weighted by atomic mass is 9.88. The highest BCUT2D eigenvalue weighted by molar-refractivity contribution is 7.89. The van der Waals surface area contributed by atoms with Crippen molar-refractivity contribution in [3.05, 3.63) is 64.2 Å². The highest BCUT2D eigenvalue weighted by atomic mass is 32.2. The van der Waals surface area contributed by atoms with Gasteiger partial charge in [0.25, 0.3) is 0 Å². The molecule has 6 heteroatoms. The zero-order chi connectivity index (χ0) is 20.5. The van der Waals surface area contributed by atoms with Crippen LogP contribution in [0.1, 0.15) is 46.7 Å². The molecule has 1 atom stereocenters. The molecule has 1 aliphatic carbocycles. The van der Waals surface area contributed by atoms with E-state index in [2.05, 4.69) is 11.4 Å². The standard InChI is InChI=1S/C22H28N2O3S/c1-15-12-16(2)22(17(3)13-15)28(26,27)24(4)14-21(25)23-20-11-7-9-18-8-5-6-10-19(18)20/h5-6,8,10,12-13,20H,7,9,11,14H2,1-4H3,(H,23,25). The minimum Gasteiger partial charge on any atom is -0.348 e. The summed E-state index contributed by atoms with van der Waals surface area (Å²) < 4.78 is 27.3. The van der Waals surface area contributed by atoms with Gasteiger partial charge in [0.2, 0.25) is 15.9 Å². The van der Waals surface area contributed by atoms with Gasteiger partial charge in [0.1, 0.15) is 0 Å². The van der Waals surface area contributed by atoms with Gasteiger partial charge >= 0.3 is 0 Å². The largest absolute Gasteiger partial charge is 0.348 e. The molecule has 0 bridgehead atoms. The predicted molar refractivity (Wildman–Crippen MR) is 111 cm³/mol. The number of likely N-dealkylation sites (N-methyl/N-ethyl adjacent to an activating group) is 1. The molecule has 1 amide bonds. The molecule has 0 fully saturated rings. The van der Waals surface area contributed by atoms with E-state index in [0.717, 1.165) is 34.7 Å². The summed E-state index contributed by atoms with van der Waals surface area (Å²) >= 11 is 0. The van der Waals surface area contributed by atoms with Crippen molar-refractivity contribution in [2.24, 2.45) is 0 Å². The summed E-state index contributed by atoms with van der Waals surface area (Å²) in [5.74, 6) is -0.282. The molecular weight excluding hydrogens is 372 g/mol. The molecule has 1 unspecified atom stereocenters. The van der Waals surface area contributed by atoms with E-state index in [-0.39, 0.29) is 23.4 Å². The molecule has 1 N–H and O–H groups in total. The van der Waals surface area contributed by atoms with E-state index in [4.69, 9.17) is 0 Å². The van der Waals surface area contributed by atoms with Gasteiger partial charge in [-0.1, -0.05) is 42.0 Å². The monoisotopic (exact) mass is 400 g/mol. The Labute approximate surface area is 167 Å². The Morgan fingerprint density at radius 1 is 1.14 bits per heavy atom. The van der Waals surface area contributed by atoms with E-state index in [1.807, 2.05) is 37.3 Å². The van der Waals surface area contributed by atoms with E-state index < -0.39 is 10.0 Å². The van der Waals surface area contributed by atoms with E-state index in [9.17, 15) is 13.2 Å². The number of sulfonamides is 1. The number of aryl methyl sites for hydroxylation is 4. The fourth-order valence-corrected chi connectivity index (χ4v) is 5.69. The third-order valence-electron chi connectivity index (χ3n) is 5.34. The molecule has 0 heterocycles. The summed E-state index contributed by atoms with van der Waals surface area (Å²) in [5, 5.41) is 3.02. The minimum absolute atomic E-state index is 0.0589. The molecule has 0 radical (unpaired) electrons. The number of amides is 1. The fourth-order valence-electron chi connectivity index (χ4n) is 4.16. The van der Waals surface area contributed by atoms with Gasteiger partial charge < -0.3 is 5.32 Å². The molecular formula is C22H28N2O3S. The lowest BCUT2D eigenvalue weighted by Crippen LogP contribution is -2.40. The number of rotatable bonds is 5. The smallest absolute Gasteiger partial charge is 0.243 e. The van der Waals surface area contributed by atoms with Crippen molar-refractivity contribution in [3.8, 4) is 0 Å². The molecule has 2 aromatic rings. The Morgan fingerprint density at radius 3 is 2.46 bits per heavy atom. The average molecular weight is 401 g/mol. The third-order valence-corrected chi connectivity index (χ3v) is 7.45. The summed E-state index contributed by atoms with van der Waals surface area (Å²) in [4.78, 5) is 12.9.